The Kier molecular flexibility index (Phi) is 4.25. The molecule has 80 valence electrons. The highest BCUT2D eigenvalue weighted by molar-refractivity contribution is 5.69. The number of nitrogens with one attached hydrogen (secondary N) is 3. The second kappa shape index (κ2) is 5.49. The summed E-state index contributed by atoms with van der Waals surface area (Å²) in [6.45, 7) is 5.74. The van der Waals surface area contributed by atoms with Gasteiger partial charge in [0.15, 0.2) is 0 Å². The summed E-state index contributed by atoms with van der Waals surface area (Å²) in [6, 6.07) is 0. The lowest BCUT2D eigenvalue weighted by Gasteiger charge is -2.22. The van der Waals surface area contributed by atoms with Gasteiger partial charge in [-0.25, -0.2) is 0 Å². The normalized spacial score (nSPS) is 21.2. The molecule has 0 aliphatic carbocycles. The van der Waals surface area contributed by atoms with Gasteiger partial charge in [0.2, 0.25) is 0 Å². The summed E-state index contributed by atoms with van der Waals surface area (Å²) in [6.07, 6.45) is 4.49. The summed E-state index contributed by atoms with van der Waals surface area (Å²) >= 11 is 0. The first-order valence-corrected chi connectivity index (χ1v) is 5.15. The van der Waals surface area contributed by atoms with Crippen LogP contribution in [0.1, 0.15) is 19.8 Å². The van der Waals surface area contributed by atoms with Crippen molar-refractivity contribution in [3.8, 4) is 0 Å². The van der Waals surface area contributed by atoms with Gasteiger partial charge in [-0.2, -0.15) is 5.10 Å². The van der Waals surface area contributed by atoms with E-state index < -0.39 is 0 Å². The third-order valence-electron chi connectivity index (χ3n) is 2.36. The molecule has 0 saturated carbocycles. The lowest BCUT2D eigenvalue weighted by atomic mass is 10.2. The van der Waals surface area contributed by atoms with Crippen molar-refractivity contribution in [1.29, 1.82) is 0 Å². The zero-order valence-electron chi connectivity index (χ0n) is 8.77. The van der Waals surface area contributed by atoms with Gasteiger partial charge in [-0.05, 0) is 12.5 Å². The quantitative estimate of drug-likeness (QED) is 0.184. The van der Waals surface area contributed by atoms with Gasteiger partial charge >= 0.3 is 5.96 Å². The largest absolute Gasteiger partial charge is 0.360 e. The van der Waals surface area contributed by atoms with Crippen LogP contribution in [-0.2, 0) is 0 Å². The van der Waals surface area contributed by atoms with Gasteiger partial charge in [-0.1, -0.05) is 6.92 Å². The Bertz CT molecular complexity index is 229. The molecular formula is C9H21N5+2. The molecular weight excluding hydrogens is 178 g/mol. The van der Waals surface area contributed by atoms with E-state index in [9.17, 15) is 0 Å². The molecule has 7 N–H and O–H groups in total. The first-order valence-electron chi connectivity index (χ1n) is 5.15. The lowest BCUT2D eigenvalue weighted by Crippen LogP contribution is -3.12. The third-order valence-corrected chi connectivity index (χ3v) is 2.36. The van der Waals surface area contributed by atoms with Crippen molar-refractivity contribution in [2.75, 3.05) is 19.6 Å². The zero-order valence-corrected chi connectivity index (χ0v) is 8.77. The molecule has 1 aliphatic heterocycles. The number of nitrogens with two attached hydrogens (primary N) is 2. The van der Waals surface area contributed by atoms with Gasteiger partial charge in [-0.3, -0.25) is 16.9 Å². The molecule has 0 spiro atoms. The van der Waals surface area contributed by atoms with Crippen LogP contribution < -0.4 is 26.9 Å². The standard InChI is InChI=1S/C9H19N5/c1-2-5-14-6-3-8(4-7-14)12-13-9(10)11/h3,12H,2,4-7H2,1H3,(H4,10,11,13)/p+2. The van der Waals surface area contributed by atoms with E-state index in [0.29, 0.717) is 0 Å². The molecule has 0 bridgehead atoms. The van der Waals surface area contributed by atoms with Crippen molar-refractivity contribution >= 4 is 5.96 Å². The smallest absolute Gasteiger partial charge is 0.331 e. The maximum Gasteiger partial charge on any atom is 0.360 e. The average Bonchev–Trinajstić information content (AvgIpc) is 2.17. The maximum absolute atomic E-state index is 5.27. The molecule has 0 aromatic carbocycles. The Morgan fingerprint density at radius 2 is 2.43 bits per heavy atom. The molecule has 1 rings (SSSR count). The van der Waals surface area contributed by atoms with Crippen molar-refractivity contribution in [3.05, 3.63) is 11.8 Å². The summed E-state index contributed by atoms with van der Waals surface area (Å²) in [5.74, 6) is 0.203. The second-order valence-corrected chi connectivity index (χ2v) is 3.64. The number of hydrogen-bond acceptors (Lipinski definition) is 1. The Balaban J connectivity index is 2.33. The van der Waals surface area contributed by atoms with Crippen molar-refractivity contribution in [3.63, 3.8) is 0 Å². The first kappa shape index (κ1) is 10.8. The van der Waals surface area contributed by atoms with Gasteiger partial charge in [0, 0.05) is 6.42 Å². The van der Waals surface area contributed by atoms with Crippen LogP contribution in [-0.4, -0.2) is 25.6 Å². The highest BCUT2D eigenvalue weighted by Crippen LogP contribution is 1.93. The van der Waals surface area contributed by atoms with Crippen LogP contribution in [0.2, 0.25) is 0 Å². The Labute approximate surface area is 84.8 Å². The second-order valence-electron chi connectivity index (χ2n) is 3.64. The lowest BCUT2D eigenvalue weighted by molar-refractivity contribution is -0.896. The fourth-order valence-corrected chi connectivity index (χ4v) is 1.63. The van der Waals surface area contributed by atoms with E-state index in [2.05, 4.69) is 23.5 Å². The molecule has 1 atom stereocenters. The predicted octanol–water partition coefficient (Wildman–Crippen LogP) is -3.57. The fraction of sp³-hybridized carbons (Fsp3) is 0.667. The molecule has 0 saturated heterocycles. The number of quaternary nitrogens is 1. The monoisotopic (exact) mass is 199 g/mol. The number of hydrazine groups is 1. The van der Waals surface area contributed by atoms with Crippen molar-refractivity contribution in [2.24, 2.45) is 11.5 Å². The van der Waals surface area contributed by atoms with E-state index in [1.165, 1.54) is 25.2 Å². The van der Waals surface area contributed by atoms with E-state index in [4.69, 9.17) is 11.5 Å². The minimum absolute atomic E-state index is 0.203. The molecule has 0 aromatic rings. The number of guanidine groups is 1. The van der Waals surface area contributed by atoms with Crippen LogP contribution in [0.25, 0.3) is 0 Å². The molecule has 1 unspecified atom stereocenters. The van der Waals surface area contributed by atoms with E-state index >= 15 is 0 Å². The van der Waals surface area contributed by atoms with Crippen LogP contribution >= 0.6 is 0 Å². The van der Waals surface area contributed by atoms with Gasteiger partial charge in [0.25, 0.3) is 0 Å². The van der Waals surface area contributed by atoms with Crippen LogP contribution in [0.15, 0.2) is 11.8 Å². The fourth-order valence-electron chi connectivity index (χ4n) is 1.63. The summed E-state index contributed by atoms with van der Waals surface area (Å²) in [5.41, 5.74) is 14.7. The van der Waals surface area contributed by atoms with Crippen LogP contribution in [0.3, 0.4) is 0 Å². The zero-order chi connectivity index (χ0) is 10.4. The maximum atomic E-state index is 5.27. The van der Waals surface area contributed by atoms with Gasteiger partial charge in [0.1, 0.15) is 0 Å². The Morgan fingerprint density at radius 3 is 2.93 bits per heavy atom. The van der Waals surface area contributed by atoms with Crippen molar-refractivity contribution in [2.45, 2.75) is 19.8 Å². The topological polar surface area (TPSA) is 82.5 Å². The van der Waals surface area contributed by atoms with Gasteiger partial charge < -0.3 is 4.90 Å². The van der Waals surface area contributed by atoms with E-state index in [1.807, 2.05) is 0 Å². The molecule has 0 fully saturated rings. The molecule has 0 amide bonds. The van der Waals surface area contributed by atoms with Crippen molar-refractivity contribution < 1.29 is 10.0 Å². The summed E-state index contributed by atoms with van der Waals surface area (Å²) < 4.78 is 0. The van der Waals surface area contributed by atoms with Gasteiger partial charge in [0.05, 0.1) is 25.3 Å². The molecule has 1 aliphatic rings. The Hall–Kier alpha value is -1.23. The molecule has 5 nitrogen and oxygen atoms in total. The Morgan fingerprint density at radius 1 is 1.64 bits per heavy atom. The van der Waals surface area contributed by atoms with Crippen LogP contribution in [0, 0.1) is 0 Å². The molecule has 0 radical (unpaired) electrons. The van der Waals surface area contributed by atoms with Crippen LogP contribution in [0.5, 0.6) is 0 Å². The minimum Gasteiger partial charge on any atom is -0.331 e. The molecule has 5 heteroatoms. The van der Waals surface area contributed by atoms with Crippen LogP contribution in [0.4, 0.5) is 0 Å². The third kappa shape index (κ3) is 3.66. The van der Waals surface area contributed by atoms with Gasteiger partial charge in [-0.15, -0.1) is 0 Å². The number of hydrazone groups is 1. The van der Waals surface area contributed by atoms with E-state index in [0.717, 1.165) is 13.0 Å². The predicted molar refractivity (Wildman–Crippen MR) is 56.0 cm³/mol. The summed E-state index contributed by atoms with van der Waals surface area (Å²) in [5, 5.41) is 2.71. The molecule has 1 heterocycles. The van der Waals surface area contributed by atoms with E-state index in [1.54, 1.807) is 4.90 Å². The SMILES string of the molecule is CCC[NH+]1CC=C(N[NH+]=C(N)N)CC1. The average molecular weight is 199 g/mol. The first-order chi connectivity index (χ1) is 6.72. The highest BCUT2D eigenvalue weighted by atomic mass is 15.3. The molecule has 0 aromatic heterocycles. The number of rotatable bonds is 4. The number of hydrogen-bond donors (Lipinski definition) is 5. The molecule has 14 heavy (non-hydrogen) atoms. The minimum atomic E-state index is 0.203. The van der Waals surface area contributed by atoms with E-state index in [-0.39, 0.29) is 5.96 Å². The summed E-state index contributed by atoms with van der Waals surface area (Å²) in [7, 11) is 0. The van der Waals surface area contributed by atoms with Crippen molar-refractivity contribution in [1.82, 2.24) is 5.43 Å². The summed E-state index contributed by atoms with van der Waals surface area (Å²) in [4.78, 5) is 1.64. The highest BCUT2D eigenvalue weighted by Gasteiger charge is 2.13.